The highest BCUT2D eigenvalue weighted by Crippen LogP contribution is 2.29. The van der Waals surface area contributed by atoms with Crippen LogP contribution in [0.25, 0.3) is 0 Å². The molecule has 1 aromatic carbocycles. The van der Waals surface area contributed by atoms with Crippen LogP contribution in [0.2, 0.25) is 0 Å². The van der Waals surface area contributed by atoms with Gasteiger partial charge in [-0.2, -0.15) is 13.2 Å². The quantitative estimate of drug-likeness (QED) is 0.850. The number of hydrogen-bond acceptors (Lipinski definition) is 2. The van der Waals surface area contributed by atoms with Crippen molar-refractivity contribution in [3.63, 3.8) is 0 Å². The Bertz CT molecular complexity index is 445. The predicted molar refractivity (Wildman–Crippen MR) is 71.3 cm³/mol. The van der Waals surface area contributed by atoms with E-state index in [1.807, 2.05) is 19.1 Å². The summed E-state index contributed by atoms with van der Waals surface area (Å²) < 4.78 is 42.1. The molecule has 5 heteroatoms. The highest BCUT2D eigenvalue weighted by Gasteiger charge is 2.27. The number of benzene rings is 1. The molecule has 0 bridgehead atoms. The fourth-order valence-electron chi connectivity index (χ4n) is 2.55. The highest BCUT2D eigenvalue weighted by atomic mass is 19.4. The van der Waals surface area contributed by atoms with Gasteiger partial charge in [0.05, 0.1) is 13.2 Å². The summed E-state index contributed by atoms with van der Waals surface area (Å²) in [7, 11) is 0. The van der Waals surface area contributed by atoms with Gasteiger partial charge in [-0.05, 0) is 36.1 Å². The molecule has 112 valence electrons. The molecule has 1 aromatic rings. The summed E-state index contributed by atoms with van der Waals surface area (Å²) in [4.78, 5) is 0. The van der Waals surface area contributed by atoms with Gasteiger partial charge >= 0.3 is 6.18 Å². The monoisotopic (exact) mass is 287 g/mol. The zero-order chi connectivity index (χ0) is 14.6. The summed E-state index contributed by atoms with van der Waals surface area (Å²) in [6.45, 7) is 3.94. The molecule has 0 fully saturated rings. The van der Waals surface area contributed by atoms with Crippen LogP contribution in [-0.4, -0.2) is 12.7 Å². The van der Waals surface area contributed by atoms with Crippen molar-refractivity contribution in [3.05, 3.63) is 34.9 Å². The molecule has 0 amide bonds. The van der Waals surface area contributed by atoms with E-state index in [9.17, 15) is 13.2 Å². The van der Waals surface area contributed by atoms with Crippen molar-refractivity contribution in [1.29, 1.82) is 0 Å². The van der Waals surface area contributed by atoms with Crippen molar-refractivity contribution >= 4 is 0 Å². The van der Waals surface area contributed by atoms with Crippen LogP contribution in [0.3, 0.4) is 0 Å². The molecule has 0 saturated heterocycles. The van der Waals surface area contributed by atoms with Crippen molar-refractivity contribution in [1.82, 2.24) is 5.32 Å². The molecule has 1 heterocycles. The van der Waals surface area contributed by atoms with Crippen molar-refractivity contribution in [2.45, 2.75) is 51.6 Å². The minimum atomic E-state index is -4.07. The molecule has 2 nitrogen and oxygen atoms in total. The second-order valence-corrected chi connectivity index (χ2v) is 5.14. The number of halogens is 3. The van der Waals surface area contributed by atoms with Gasteiger partial charge in [0.1, 0.15) is 0 Å². The molecule has 1 atom stereocenters. The van der Waals surface area contributed by atoms with Gasteiger partial charge < -0.3 is 10.1 Å². The maximum Gasteiger partial charge on any atom is 0.389 e. The average molecular weight is 287 g/mol. The molecule has 2 rings (SSSR count). The number of nitrogens with one attached hydrogen (secondary N) is 1. The first-order valence-corrected chi connectivity index (χ1v) is 6.99. The summed E-state index contributed by atoms with van der Waals surface area (Å²) in [5.74, 6) is 0. The predicted octanol–water partition coefficient (Wildman–Crippen LogP) is 4.10. The van der Waals surface area contributed by atoms with Crippen molar-refractivity contribution in [2.75, 3.05) is 6.54 Å². The zero-order valence-corrected chi connectivity index (χ0v) is 11.6. The van der Waals surface area contributed by atoms with E-state index in [2.05, 4.69) is 11.4 Å². The number of rotatable bonds is 6. The fraction of sp³-hybridized carbons (Fsp3) is 0.600. The number of fused-ring (bicyclic) bond motifs is 1. The summed E-state index contributed by atoms with van der Waals surface area (Å²) in [6, 6.07) is 6.05. The molecule has 20 heavy (non-hydrogen) atoms. The Morgan fingerprint density at radius 3 is 2.70 bits per heavy atom. The molecule has 1 aliphatic heterocycles. The second kappa shape index (κ2) is 6.59. The Hall–Kier alpha value is -1.07. The van der Waals surface area contributed by atoms with E-state index < -0.39 is 12.6 Å². The van der Waals surface area contributed by atoms with Gasteiger partial charge in [-0.3, -0.25) is 0 Å². The molecular weight excluding hydrogens is 267 g/mol. The van der Waals surface area contributed by atoms with Crippen molar-refractivity contribution in [2.24, 2.45) is 0 Å². The van der Waals surface area contributed by atoms with E-state index in [4.69, 9.17) is 4.74 Å². The summed E-state index contributed by atoms with van der Waals surface area (Å²) in [5, 5.41) is 3.27. The summed E-state index contributed by atoms with van der Waals surface area (Å²) in [6.07, 6.45) is -4.15. The molecule has 0 saturated carbocycles. The van der Waals surface area contributed by atoms with Crippen molar-refractivity contribution in [3.8, 4) is 0 Å². The number of ether oxygens (including phenoxy) is 1. The van der Waals surface area contributed by atoms with Gasteiger partial charge in [0.2, 0.25) is 0 Å². The van der Waals surface area contributed by atoms with Gasteiger partial charge in [-0.15, -0.1) is 0 Å². The minimum Gasteiger partial charge on any atom is -0.372 e. The molecule has 0 aromatic heterocycles. The van der Waals surface area contributed by atoms with E-state index in [-0.39, 0.29) is 12.5 Å². The lowest BCUT2D eigenvalue weighted by Gasteiger charge is -2.19. The first kappa shape index (κ1) is 15.3. The fourth-order valence-corrected chi connectivity index (χ4v) is 2.55. The Balaban J connectivity index is 2.00. The van der Waals surface area contributed by atoms with E-state index in [0.29, 0.717) is 19.6 Å². The van der Waals surface area contributed by atoms with E-state index in [0.717, 1.165) is 17.7 Å². The lowest BCUT2D eigenvalue weighted by molar-refractivity contribution is -0.135. The molecule has 0 spiro atoms. The lowest BCUT2D eigenvalue weighted by atomic mass is 9.97. The number of hydrogen-bond donors (Lipinski definition) is 1. The topological polar surface area (TPSA) is 21.3 Å². The third kappa shape index (κ3) is 4.21. The number of alkyl halides is 3. The Morgan fingerprint density at radius 1 is 1.25 bits per heavy atom. The standard InChI is InChI=1S/C15H20F3NO/c1-2-19-14(4-3-7-15(16,17)18)11-5-6-12-9-20-10-13(12)8-11/h5-6,8,14,19H,2-4,7,9-10H2,1H3. The summed E-state index contributed by atoms with van der Waals surface area (Å²) >= 11 is 0. The van der Waals surface area contributed by atoms with Gasteiger partial charge in [0.15, 0.2) is 0 Å². The lowest BCUT2D eigenvalue weighted by Crippen LogP contribution is -2.21. The van der Waals surface area contributed by atoms with Crippen LogP contribution < -0.4 is 5.32 Å². The van der Waals surface area contributed by atoms with Crippen LogP contribution in [0.4, 0.5) is 13.2 Å². The molecule has 1 aliphatic rings. The van der Waals surface area contributed by atoms with E-state index >= 15 is 0 Å². The SMILES string of the molecule is CCNC(CCCC(F)(F)F)c1ccc2c(c1)COC2. The Kier molecular flexibility index (Phi) is 5.05. The molecule has 0 radical (unpaired) electrons. The molecule has 0 aliphatic carbocycles. The average Bonchev–Trinajstić information content (AvgIpc) is 2.83. The second-order valence-electron chi connectivity index (χ2n) is 5.14. The third-order valence-corrected chi connectivity index (χ3v) is 3.55. The first-order valence-electron chi connectivity index (χ1n) is 6.99. The van der Waals surface area contributed by atoms with Crippen LogP contribution in [0, 0.1) is 0 Å². The molecule has 1 unspecified atom stereocenters. The maximum absolute atomic E-state index is 12.2. The maximum atomic E-state index is 12.2. The first-order chi connectivity index (χ1) is 9.49. The smallest absolute Gasteiger partial charge is 0.372 e. The van der Waals surface area contributed by atoms with Crippen LogP contribution in [-0.2, 0) is 18.0 Å². The summed E-state index contributed by atoms with van der Waals surface area (Å²) in [5.41, 5.74) is 3.39. The van der Waals surface area contributed by atoms with E-state index in [1.165, 1.54) is 5.56 Å². The van der Waals surface area contributed by atoms with Gasteiger partial charge in [0.25, 0.3) is 0 Å². The molecular formula is C15H20F3NO. The normalized spacial score (nSPS) is 16.2. The van der Waals surface area contributed by atoms with Crippen LogP contribution in [0.5, 0.6) is 0 Å². The van der Waals surface area contributed by atoms with Crippen molar-refractivity contribution < 1.29 is 17.9 Å². The third-order valence-electron chi connectivity index (χ3n) is 3.55. The Labute approximate surface area is 117 Å². The van der Waals surface area contributed by atoms with Gasteiger partial charge in [-0.25, -0.2) is 0 Å². The van der Waals surface area contributed by atoms with Gasteiger partial charge in [-0.1, -0.05) is 25.1 Å². The van der Waals surface area contributed by atoms with Crippen LogP contribution in [0.15, 0.2) is 18.2 Å². The van der Waals surface area contributed by atoms with Crippen LogP contribution in [0.1, 0.15) is 48.9 Å². The zero-order valence-electron chi connectivity index (χ0n) is 11.6. The van der Waals surface area contributed by atoms with E-state index in [1.54, 1.807) is 0 Å². The minimum absolute atomic E-state index is 0.0201. The van der Waals surface area contributed by atoms with Gasteiger partial charge in [0, 0.05) is 12.5 Å². The van der Waals surface area contributed by atoms with Crippen LogP contribution >= 0.6 is 0 Å². The highest BCUT2D eigenvalue weighted by molar-refractivity contribution is 5.34. The molecule has 1 N–H and O–H groups in total. The Morgan fingerprint density at radius 2 is 2.00 bits per heavy atom. The largest absolute Gasteiger partial charge is 0.389 e.